The lowest BCUT2D eigenvalue weighted by Crippen LogP contribution is -2.00. The van der Waals surface area contributed by atoms with Crippen LogP contribution in [0.25, 0.3) is 0 Å². The van der Waals surface area contributed by atoms with Crippen molar-refractivity contribution in [3.63, 3.8) is 0 Å². The van der Waals surface area contributed by atoms with Crippen LogP contribution in [0.4, 0.5) is 4.48 Å². The maximum atomic E-state index is 11.4. The van der Waals surface area contributed by atoms with Crippen LogP contribution in [0, 0.1) is 0 Å². The summed E-state index contributed by atoms with van der Waals surface area (Å²) in [6, 6.07) is 5.37. The minimum Gasteiger partial charge on any atom is -0.260 e. The van der Waals surface area contributed by atoms with Crippen molar-refractivity contribution in [3.8, 4) is 0 Å². The topological polar surface area (TPSA) is 24.9 Å². The third-order valence-electron chi connectivity index (χ3n) is 0.974. The number of hydrogen-bond donors (Lipinski definition) is 1. The molecule has 1 N–H and O–H groups in total. The highest BCUT2D eigenvalue weighted by molar-refractivity contribution is 5.02. The Morgan fingerprint density at radius 1 is 1.56 bits per heavy atom. The molecule has 0 spiro atoms. The molecule has 1 aromatic heterocycles. The zero-order chi connectivity index (χ0) is 6.53. The van der Waals surface area contributed by atoms with E-state index in [9.17, 15) is 4.48 Å². The summed E-state index contributed by atoms with van der Waals surface area (Å²) >= 11 is 0. The highest BCUT2D eigenvalue weighted by atomic mass is 19.2. The Kier molecular flexibility index (Phi) is 2.15. The first-order valence-corrected chi connectivity index (χ1v) is 2.67. The van der Waals surface area contributed by atoms with E-state index in [1.165, 1.54) is 5.54 Å². The lowest BCUT2D eigenvalue weighted by Gasteiger charge is -1.92. The Morgan fingerprint density at radius 3 is 3.00 bits per heavy atom. The van der Waals surface area contributed by atoms with Crippen molar-refractivity contribution in [1.29, 1.82) is 0 Å². The molecule has 0 saturated heterocycles. The van der Waals surface area contributed by atoms with Crippen LogP contribution < -0.4 is 5.54 Å². The van der Waals surface area contributed by atoms with Crippen molar-refractivity contribution in [2.24, 2.45) is 0 Å². The van der Waals surface area contributed by atoms with Crippen LogP contribution in [-0.2, 0) is 6.54 Å². The van der Waals surface area contributed by atoms with Gasteiger partial charge in [0.25, 0.3) is 0 Å². The van der Waals surface area contributed by atoms with Crippen molar-refractivity contribution >= 4 is 0 Å². The molecule has 1 heterocycles. The molecule has 1 aromatic rings. The minimum atomic E-state index is 0.181. The van der Waals surface area contributed by atoms with E-state index in [0.29, 0.717) is 5.69 Å². The van der Waals surface area contributed by atoms with Gasteiger partial charge in [0.2, 0.25) is 0 Å². The molecule has 9 heavy (non-hydrogen) atoms. The van der Waals surface area contributed by atoms with E-state index >= 15 is 0 Å². The molecule has 0 aliphatic heterocycles. The quantitative estimate of drug-likeness (QED) is 0.599. The number of rotatable bonds is 2. The van der Waals surface area contributed by atoms with E-state index in [1.54, 1.807) is 18.3 Å². The summed E-state index contributed by atoms with van der Waals surface area (Å²) < 4.78 is 11.4. The molecular formula is C6H7FN2. The highest BCUT2D eigenvalue weighted by Gasteiger charge is 1.87. The number of halogens is 1. The van der Waals surface area contributed by atoms with Gasteiger partial charge in [-0.3, -0.25) is 4.98 Å². The van der Waals surface area contributed by atoms with Crippen molar-refractivity contribution < 1.29 is 4.48 Å². The average molecular weight is 126 g/mol. The maximum absolute atomic E-state index is 11.4. The molecule has 0 aliphatic rings. The van der Waals surface area contributed by atoms with Crippen molar-refractivity contribution in [3.05, 3.63) is 30.1 Å². The van der Waals surface area contributed by atoms with Crippen molar-refractivity contribution in [1.82, 2.24) is 10.5 Å². The van der Waals surface area contributed by atoms with Gasteiger partial charge in [-0.15, -0.1) is 4.48 Å². The van der Waals surface area contributed by atoms with Crippen molar-refractivity contribution in [2.75, 3.05) is 0 Å². The molecule has 0 aromatic carbocycles. The Morgan fingerprint density at radius 2 is 2.44 bits per heavy atom. The van der Waals surface area contributed by atoms with Gasteiger partial charge in [-0.25, -0.2) is 0 Å². The molecule has 0 fully saturated rings. The molecule has 0 atom stereocenters. The average Bonchev–Trinajstić information content (AvgIpc) is 1.91. The molecule has 0 aliphatic carbocycles. The number of aromatic nitrogens is 1. The summed E-state index contributed by atoms with van der Waals surface area (Å²) in [5.74, 6) is 0. The lowest BCUT2D eigenvalue weighted by molar-refractivity contribution is 0.327. The Bertz CT molecular complexity index is 164. The first-order chi connectivity index (χ1) is 4.43. The second-order valence-electron chi connectivity index (χ2n) is 1.63. The first-order valence-electron chi connectivity index (χ1n) is 2.67. The summed E-state index contributed by atoms with van der Waals surface area (Å²) in [7, 11) is 0. The summed E-state index contributed by atoms with van der Waals surface area (Å²) in [5, 5.41) is 0. The third kappa shape index (κ3) is 1.77. The molecule has 2 nitrogen and oxygen atoms in total. The molecule has 1 rings (SSSR count). The predicted octanol–water partition coefficient (Wildman–Crippen LogP) is 1.06. The molecule has 48 valence electrons. The second-order valence-corrected chi connectivity index (χ2v) is 1.63. The van der Waals surface area contributed by atoms with Crippen LogP contribution in [-0.4, -0.2) is 4.98 Å². The van der Waals surface area contributed by atoms with Crippen LogP contribution >= 0.6 is 0 Å². The van der Waals surface area contributed by atoms with Gasteiger partial charge in [0.05, 0.1) is 12.2 Å². The fourth-order valence-corrected chi connectivity index (χ4v) is 0.571. The van der Waals surface area contributed by atoms with Gasteiger partial charge in [-0.2, -0.15) is 5.54 Å². The molecule has 0 saturated carbocycles. The zero-order valence-electron chi connectivity index (χ0n) is 4.84. The summed E-state index contributed by atoms with van der Waals surface area (Å²) in [5.41, 5.74) is 2.23. The molecule has 0 amide bonds. The van der Waals surface area contributed by atoms with E-state index in [0.717, 1.165) is 0 Å². The molecule has 3 heteroatoms. The fraction of sp³-hybridized carbons (Fsp3) is 0.167. The SMILES string of the molecule is FNCc1ccccn1. The van der Waals surface area contributed by atoms with Crippen LogP contribution in [0.2, 0.25) is 0 Å². The Balaban J connectivity index is 2.61. The lowest BCUT2D eigenvalue weighted by atomic mass is 10.4. The molecule has 0 unspecified atom stereocenters. The van der Waals surface area contributed by atoms with Gasteiger partial charge < -0.3 is 0 Å². The third-order valence-corrected chi connectivity index (χ3v) is 0.974. The Hall–Kier alpha value is -0.960. The van der Waals surface area contributed by atoms with Crippen molar-refractivity contribution in [2.45, 2.75) is 6.54 Å². The van der Waals surface area contributed by atoms with Gasteiger partial charge in [0.15, 0.2) is 0 Å². The highest BCUT2D eigenvalue weighted by Crippen LogP contribution is 1.90. The summed E-state index contributed by atoms with van der Waals surface area (Å²) in [6.07, 6.45) is 1.63. The van der Waals surface area contributed by atoms with Crippen LogP contribution in [0.3, 0.4) is 0 Å². The van der Waals surface area contributed by atoms with Crippen LogP contribution in [0.5, 0.6) is 0 Å². The molecule has 0 bridgehead atoms. The smallest absolute Gasteiger partial charge is 0.0683 e. The normalized spacial score (nSPS) is 9.44. The summed E-state index contributed by atoms with van der Waals surface area (Å²) in [6.45, 7) is 0.181. The standard InChI is InChI=1S/C6H7FN2/c7-9-5-6-3-1-2-4-8-6/h1-4,9H,5H2. The monoisotopic (exact) mass is 126 g/mol. The van der Waals surface area contributed by atoms with Gasteiger partial charge in [-0.1, -0.05) is 6.07 Å². The summed E-state index contributed by atoms with van der Waals surface area (Å²) in [4.78, 5) is 3.87. The van der Waals surface area contributed by atoms with Crippen LogP contribution in [0.15, 0.2) is 24.4 Å². The molecule has 0 radical (unpaired) electrons. The Labute approximate surface area is 52.7 Å². The van der Waals surface area contributed by atoms with E-state index in [2.05, 4.69) is 4.98 Å². The van der Waals surface area contributed by atoms with Gasteiger partial charge in [0.1, 0.15) is 0 Å². The van der Waals surface area contributed by atoms with E-state index in [1.807, 2.05) is 6.07 Å². The fourth-order valence-electron chi connectivity index (χ4n) is 0.571. The maximum Gasteiger partial charge on any atom is 0.0683 e. The molecular weight excluding hydrogens is 119 g/mol. The number of nitrogens with zero attached hydrogens (tertiary/aromatic N) is 1. The minimum absolute atomic E-state index is 0.181. The predicted molar refractivity (Wildman–Crippen MR) is 32.2 cm³/mol. The number of pyridine rings is 1. The van der Waals surface area contributed by atoms with Gasteiger partial charge in [-0.05, 0) is 12.1 Å². The first kappa shape index (κ1) is 6.16. The van der Waals surface area contributed by atoms with Gasteiger partial charge in [0, 0.05) is 6.20 Å². The van der Waals surface area contributed by atoms with Crippen LogP contribution in [0.1, 0.15) is 5.69 Å². The number of hydrogen-bond acceptors (Lipinski definition) is 2. The largest absolute Gasteiger partial charge is 0.260 e. The van der Waals surface area contributed by atoms with E-state index in [4.69, 9.17) is 0 Å². The van der Waals surface area contributed by atoms with E-state index in [-0.39, 0.29) is 6.54 Å². The van der Waals surface area contributed by atoms with Gasteiger partial charge >= 0.3 is 0 Å². The number of nitrogens with one attached hydrogen (secondary N) is 1. The van der Waals surface area contributed by atoms with E-state index < -0.39 is 0 Å². The second kappa shape index (κ2) is 3.14. The zero-order valence-corrected chi connectivity index (χ0v) is 4.84.